The first-order valence-corrected chi connectivity index (χ1v) is 10.7. The van der Waals surface area contributed by atoms with Gasteiger partial charge in [-0.15, -0.1) is 0 Å². The first-order chi connectivity index (χ1) is 15.2. The van der Waals surface area contributed by atoms with Crippen LogP contribution in [-0.4, -0.2) is 37.0 Å². The summed E-state index contributed by atoms with van der Waals surface area (Å²) in [6, 6.07) is 2.41. The highest BCUT2D eigenvalue weighted by Crippen LogP contribution is 2.35. The van der Waals surface area contributed by atoms with E-state index in [0.29, 0.717) is 35.1 Å². The zero-order valence-corrected chi connectivity index (χ0v) is 18.4. The van der Waals surface area contributed by atoms with Crippen molar-refractivity contribution in [3.05, 3.63) is 39.2 Å². The van der Waals surface area contributed by atoms with Crippen molar-refractivity contribution in [3.8, 4) is 5.75 Å². The van der Waals surface area contributed by atoms with Crippen molar-refractivity contribution in [2.75, 3.05) is 13.2 Å². The summed E-state index contributed by atoms with van der Waals surface area (Å²) in [6.45, 7) is 4.59. The van der Waals surface area contributed by atoms with Gasteiger partial charge in [0.25, 0.3) is 5.91 Å². The number of carbonyl (C=O) groups excluding carboxylic acids is 3. The Kier molecular flexibility index (Phi) is 7.17. The molecule has 2 aromatic rings. The summed E-state index contributed by atoms with van der Waals surface area (Å²) in [4.78, 5) is 47.7. The molecule has 2 amide bonds. The van der Waals surface area contributed by atoms with Crippen LogP contribution in [0.5, 0.6) is 5.75 Å². The molecule has 3 rings (SSSR count). The number of amides is 2. The molecule has 9 heteroatoms. The van der Waals surface area contributed by atoms with E-state index in [1.165, 1.54) is 0 Å². The summed E-state index contributed by atoms with van der Waals surface area (Å²) in [7, 11) is 0. The van der Waals surface area contributed by atoms with Gasteiger partial charge in [-0.3, -0.25) is 9.59 Å². The normalized spacial score (nSPS) is 14.5. The van der Waals surface area contributed by atoms with Crippen LogP contribution in [0.2, 0.25) is 0 Å². The third-order valence-electron chi connectivity index (χ3n) is 5.77. The van der Waals surface area contributed by atoms with E-state index in [1.807, 2.05) is 6.92 Å². The van der Waals surface area contributed by atoms with Gasteiger partial charge >= 0.3 is 5.63 Å². The molecule has 2 N–H and O–H groups in total. The van der Waals surface area contributed by atoms with Crippen LogP contribution in [0.15, 0.2) is 21.3 Å². The van der Waals surface area contributed by atoms with Crippen LogP contribution in [-0.2, 0) is 27.2 Å². The SMILES string of the molecule is CC[C@H](C)[C@H](NC(=O)CNC(=O)COc1cc(C)cc2oc(=O)c3c(c12)CCC3)C(=O)[O-]. The number of carbonyl (C=O) groups is 3. The van der Waals surface area contributed by atoms with Crippen LogP contribution >= 0.6 is 0 Å². The van der Waals surface area contributed by atoms with Gasteiger partial charge in [0.2, 0.25) is 5.91 Å². The highest BCUT2D eigenvalue weighted by Gasteiger charge is 2.23. The predicted molar refractivity (Wildman–Crippen MR) is 114 cm³/mol. The lowest BCUT2D eigenvalue weighted by atomic mass is 9.99. The maximum Gasteiger partial charge on any atom is 0.339 e. The number of aryl methyl sites for hydroxylation is 2. The van der Waals surface area contributed by atoms with Crippen molar-refractivity contribution in [1.82, 2.24) is 10.6 Å². The third-order valence-corrected chi connectivity index (χ3v) is 5.77. The number of fused-ring (bicyclic) bond motifs is 3. The van der Waals surface area contributed by atoms with E-state index >= 15 is 0 Å². The van der Waals surface area contributed by atoms with Crippen molar-refractivity contribution in [2.24, 2.45) is 5.92 Å². The Bertz CT molecular complexity index is 1110. The molecule has 1 aromatic heterocycles. The van der Waals surface area contributed by atoms with E-state index < -0.39 is 23.8 Å². The Morgan fingerprint density at radius 3 is 2.59 bits per heavy atom. The van der Waals surface area contributed by atoms with Gasteiger partial charge in [-0.1, -0.05) is 20.3 Å². The number of rotatable bonds is 9. The second-order valence-electron chi connectivity index (χ2n) is 8.15. The van der Waals surface area contributed by atoms with E-state index in [9.17, 15) is 24.3 Å². The lowest BCUT2D eigenvalue weighted by Crippen LogP contribution is -2.53. The average molecular weight is 443 g/mol. The molecule has 0 bridgehead atoms. The Morgan fingerprint density at radius 2 is 1.91 bits per heavy atom. The fraction of sp³-hybridized carbons (Fsp3) is 0.478. The number of hydrogen-bond donors (Lipinski definition) is 2. The molecule has 0 saturated carbocycles. The van der Waals surface area contributed by atoms with Gasteiger partial charge in [-0.2, -0.15) is 0 Å². The van der Waals surface area contributed by atoms with Crippen LogP contribution < -0.4 is 26.1 Å². The fourth-order valence-corrected chi connectivity index (χ4v) is 3.89. The number of benzene rings is 1. The van der Waals surface area contributed by atoms with E-state index in [1.54, 1.807) is 26.0 Å². The fourth-order valence-electron chi connectivity index (χ4n) is 3.89. The van der Waals surface area contributed by atoms with Crippen LogP contribution in [0.1, 0.15) is 43.4 Å². The highest BCUT2D eigenvalue weighted by molar-refractivity contribution is 5.90. The lowest BCUT2D eigenvalue weighted by Gasteiger charge is -2.25. The molecule has 0 fully saturated rings. The van der Waals surface area contributed by atoms with Crippen molar-refractivity contribution in [1.29, 1.82) is 0 Å². The van der Waals surface area contributed by atoms with E-state index in [4.69, 9.17) is 9.15 Å². The van der Waals surface area contributed by atoms with E-state index in [0.717, 1.165) is 24.0 Å². The molecular formula is C23H27N2O7-. The Hall–Kier alpha value is -3.36. The number of aliphatic carboxylic acids is 1. The summed E-state index contributed by atoms with van der Waals surface area (Å²) in [6.07, 6.45) is 2.79. The molecule has 32 heavy (non-hydrogen) atoms. The molecule has 1 aliphatic carbocycles. The maximum atomic E-state index is 12.2. The third kappa shape index (κ3) is 5.09. The summed E-state index contributed by atoms with van der Waals surface area (Å²) in [5.41, 5.74) is 2.44. The van der Waals surface area contributed by atoms with Crippen LogP contribution in [0.4, 0.5) is 0 Å². The predicted octanol–water partition coefficient (Wildman–Crippen LogP) is 0.366. The number of carboxylic acid groups (broad SMARTS) is 1. The van der Waals surface area contributed by atoms with Gasteiger partial charge < -0.3 is 29.7 Å². The molecule has 1 aromatic carbocycles. The molecule has 0 radical (unpaired) electrons. The minimum atomic E-state index is -1.37. The molecule has 0 spiro atoms. The molecule has 1 aliphatic rings. The Morgan fingerprint density at radius 1 is 1.19 bits per heavy atom. The number of ether oxygens (including phenoxy) is 1. The minimum absolute atomic E-state index is 0.306. The molecule has 2 atom stereocenters. The average Bonchev–Trinajstić information content (AvgIpc) is 3.23. The molecule has 1 heterocycles. The van der Waals surface area contributed by atoms with Gasteiger partial charge in [0.1, 0.15) is 11.3 Å². The van der Waals surface area contributed by atoms with E-state index in [2.05, 4.69) is 10.6 Å². The zero-order chi connectivity index (χ0) is 23.4. The van der Waals surface area contributed by atoms with Crippen LogP contribution in [0.25, 0.3) is 11.0 Å². The van der Waals surface area contributed by atoms with Crippen molar-refractivity contribution >= 4 is 28.8 Å². The number of carboxylic acids is 1. The van der Waals surface area contributed by atoms with Gasteiger partial charge in [0, 0.05) is 5.56 Å². The molecule has 0 unspecified atom stereocenters. The molecule has 0 saturated heterocycles. The van der Waals surface area contributed by atoms with Gasteiger partial charge in [-0.25, -0.2) is 4.79 Å². The second-order valence-corrected chi connectivity index (χ2v) is 8.15. The van der Waals surface area contributed by atoms with Crippen molar-refractivity contribution in [2.45, 2.75) is 52.5 Å². The van der Waals surface area contributed by atoms with Crippen LogP contribution in [0.3, 0.4) is 0 Å². The molecule has 0 aliphatic heterocycles. The molecular weight excluding hydrogens is 416 g/mol. The molecule has 172 valence electrons. The lowest BCUT2D eigenvalue weighted by molar-refractivity contribution is -0.309. The smallest absolute Gasteiger partial charge is 0.339 e. The summed E-state index contributed by atoms with van der Waals surface area (Å²) in [5, 5.41) is 16.7. The van der Waals surface area contributed by atoms with Crippen LogP contribution in [0, 0.1) is 12.8 Å². The van der Waals surface area contributed by atoms with Gasteiger partial charge in [-0.05, 0) is 55.4 Å². The standard InChI is InChI=1S/C23H28N2O7/c1-4-13(3)21(22(28)29)25-18(26)10-24-19(27)11-31-16-8-12(2)9-17-20(16)14-6-5-7-15(14)23(30)32-17/h8-9,13,21H,4-7,10-11H2,1-3H3,(H,24,27)(H,25,26)(H,28,29)/p-1/t13-,21-/m0/s1. The first-order valence-electron chi connectivity index (χ1n) is 10.7. The summed E-state index contributed by atoms with van der Waals surface area (Å²) < 4.78 is 11.2. The first kappa shape index (κ1) is 23.3. The number of nitrogens with one attached hydrogen (secondary N) is 2. The Balaban J connectivity index is 1.64. The van der Waals surface area contributed by atoms with E-state index in [-0.39, 0.29) is 24.7 Å². The minimum Gasteiger partial charge on any atom is -0.548 e. The monoisotopic (exact) mass is 443 g/mol. The summed E-state index contributed by atoms with van der Waals surface area (Å²) in [5.74, 6) is -2.41. The van der Waals surface area contributed by atoms with Gasteiger partial charge in [0.15, 0.2) is 6.61 Å². The topological polar surface area (TPSA) is 138 Å². The van der Waals surface area contributed by atoms with Crippen molar-refractivity contribution < 1.29 is 28.6 Å². The summed E-state index contributed by atoms with van der Waals surface area (Å²) >= 11 is 0. The number of hydrogen-bond acceptors (Lipinski definition) is 7. The largest absolute Gasteiger partial charge is 0.548 e. The van der Waals surface area contributed by atoms with Gasteiger partial charge in [0.05, 0.1) is 23.9 Å². The highest BCUT2D eigenvalue weighted by atomic mass is 16.5. The quantitative estimate of drug-likeness (QED) is 0.534. The van der Waals surface area contributed by atoms with Crippen molar-refractivity contribution in [3.63, 3.8) is 0 Å². The zero-order valence-electron chi connectivity index (χ0n) is 18.4. The Labute approximate surface area is 185 Å². The second kappa shape index (κ2) is 9.84. The maximum absolute atomic E-state index is 12.2. The molecule has 9 nitrogen and oxygen atoms in total.